The Balaban J connectivity index is 4.12. The summed E-state index contributed by atoms with van der Waals surface area (Å²) in [5.41, 5.74) is 6.92. The van der Waals surface area contributed by atoms with Gasteiger partial charge in [-0.3, -0.25) is 0 Å². The highest BCUT2D eigenvalue weighted by Gasteiger charge is 1.93. The summed E-state index contributed by atoms with van der Waals surface area (Å²) >= 11 is 0. The second-order valence-corrected chi connectivity index (χ2v) is 2.49. The van der Waals surface area contributed by atoms with Gasteiger partial charge in [0.2, 0.25) is 0 Å². The molecular weight excluding hydrogens is 138 g/mol. The molecule has 0 rings (SSSR count). The zero-order valence-electron chi connectivity index (χ0n) is 7.09. The van der Waals surface area contributed by atoms with Crippen LogP contribution in [0.3, 0.4) is 0 Å². The van der Waals surface area contributed by atoms with Crippen LogP contribution in [0.25, 0.3) is 0 Å². The number of hydrogen-bond donors (Lipinski definition) is 2. The maximum Gasteiger partial charge on any atom is 0.133 e. The topological polar surface area (TPSA) is 46.2 Å². The smallest absolute Gasteiger partial charge is 0.133 e. The summed E-state index contributed by atoms with van der Waals surface area (Å²) in [5.74, 6) is 0.131. The fraction of sp³-hybridized carbons (Fsp3) is 0.333. The first-order chi connectivity index (χ1) is 5.07. The van der Waals surface area contributed by atoms with E-state index in [9.17, 15) is 0 Å². The fourth-order valence-corrected chi connectivity index (χ4v) is 0.555. The van der Waals surface area contributed by atoms with Gasteiger partial charge in [0.05, 0.1) is 5.70 Å². The fourth-order valence-electron chi connectivity index (χ4n) is 0.555. The first kappa shape index (κ1) is 9.82. The van der Waals surface area contributed by atoms with Crippen molar-refractivity contribution < 1.29 is 5.11 Å². The second-order valence-electron chi connectivity index (χ2n) is 2.49. The van der Waals surface area contributed by atoms with Gasteiger partial charge in [0.15, 0.2) is 0 Å². The molecule has 11 heavy (non-hydrogen) atoms. The van der Waals surface area contributed by atoms with Gasteiger partial charge in [-0.2, -0.15) is 0 Å². The van der Waals surface area contributed by atoms with Crippen LogP contribution in [0, 0.1) is 0 Å². The van der Waals surface area contributed by atoms with Crippen molar-refractivity contribution in [2.45, 2.75) is 20.3 Å². The van der Waals surface area contributed by atoms with E-state index in [1.54, 1.807) is 19.1 Å². The van der Waals surface area contributed by atoms with E-state index < -0.39 is 0 Å². The Bertz CT molecular complexity index is 202. The number of aliphatic hydroxyl groups excluding tert-OH is 1. The van der Waals surface area contributed by atoms with Crippen LogP contribution in [0.5, 0.6) is 0 Å². The Kier molecular flexibility index (Phi) is 4.11. The third-order valence-electron chi connectivity index (χ3n) is 1.24. The Morgan fingerprint density at radius 1 is 1.64 bits per heavy atom. The third kappa shape index (κ3) is 4.25. The molecule has 0 unspecified atom stereocenters. The monoisotopic (exact) mass is 153 g/mol. The highest BCUT2D eigenvalue weighted by molar-refractivity contribution is 5.22. The molecular formula is C9H15NO. The van der Waals surface area contributed by atoms with E-state index in [4.69, 9.17) is 10.8 Å². The Morgan fingerprint density at radius 2 is 2.18 bits per heavy atom. The van der Waals surface area contributed by atoms with Gasteiger partial charge in [-0.1, -0.05) is 18.2 Å². The first-order valence-corrected chi connectivity index (χ1v) is 3.53. The lowest BCUT2D eigenvalue weighted by Gasteiger charge is -1.98. The van der Waals surface area contributed by atoms with Gasteiger partial charge in [-0.05, 0) is 26.3 Å². The summed E-state index contributed by atoms with van der Waals surface area (Å²) < 4.78 is 0. The molecule has 2 heteroatoms. The van der Waals surface area contributed by atoms with Crippen LogP contribution in [0.1, 0.15) is 20.3 Å². The summed E-state index contributed by atoms with van der Waals surface area (Å²) in [5, 5.41) is 9.08. The zero-order valence-corrected chi connectivity index (χ0v) is 7.09. The lowest BCUT2D eigenvalue weighted by molar-refractivity contribution is 0.420. The Hall–Kier alpha value is -1.18. The molecule has 0 aromatic rings. The third-order valence-corrected chi connectivity index (χ3v) is 1.24. The summed E-state index contributed by atoms with van der Waals surface area (Å²) in [6.45, 7) is 7.36. The highest BCUT2D eigenvalue weighted by Crippen LogP contribution is 2.03. The minimum Gasteiger partial charge on any atom is -0.506 e. The van der Waals surface area contributed by atoms with Crippen molar-refractivity contribution in [1.29, 1.82) is 0 Å². The van der Waals surface area contributed by atoms with E-state index in [1.807, 2.05) is 6.92 Å². The van der Waals surface area contributed by atoms with E-state index in [0.717, 1.165) is 5.57 Å². The SMILES string of the molecule is C=C(C)C/C=C(N)\C(O)=C/C. The number of hydrogen-bond acceptors (Lipinski definition) is 2. The van der Waals surface area contributed by atoms with Crippen molar-refractivity contribution in [3.8, 4) is 0 Å². The molecule has 0 bridgehead atoms. The molecule has 0 aromatic heterocycles. The second kappa shape index (κ2) is 4.61. The van der Waals surface area contributed by atoms with E-state index >= 15 is 0 Å². The summed E-state index contributed by atoms with van der Waals surface area (Å²) in [4.78, 5) is 0. The van der Waals surface area contributed by atoms with E-state index in [0.29, 0.717) is 12.1 Å². The molecule has 0 aromatic carbocycles. The predicted molar refractivity (Wildman–Crippen MR) is 48.1 cm³/mol. The van der Waals surface area contributed by atoms with Crippen LogP contribution in [-0.4, -0.2) is 5.11 Å². The summed E-state index contributed by atoms with van der Waals surface area (Å²) in [6, 6.07) is 0. The lowest BCUT2D eigenvalue weighted by Crippen LogP contribution is -2.00. The Labute approximate surface area is 67.7 Å². The molecule has 62 valence electrons. The molecule has 0 saturated carbocycles. The summed E-state index contributed by atoms with van der Waals surface area (Å²) in [6.07, 6.45) is 4.02. The molecule has 0 heterocycles. The van der Waals surface area contributed by atoms with Gasteiger partial charge in [0, 0.05) is 0 Å². The molecule has 0 fully saturated rings. The van der Waals surface area contributed by atoms with E-state index in [1.165, 1.54) is 0 Å². The maximum atomic E-state index is 9.08. The molecule has 0 saturated heterocycles. The average molecular weight is 153 g/mol. The van der Waals surface area contributed by atoms with Crippen molar-refractivity contribution in [1.82, 2.24) is 0 Å². The lowest BCUT2D eigenvalue weighted by atomic mass is 10.2. The molecule has 2 nitrogen and oxygen atoms in total. The average Bonchev–Trinajstić information content (AvgIpc) is 1.98. The van der Waals surface area contributed by atoms with Gasteiger partial charge >= 0.3 is 0 Å². The molecule has 0 aliphatic carbocycles. The van der Waals surface area contributed by atoms with Crippen LogP contribution in [0.15, 0.2) is 35.8 Å². The minimum absolute atomic E-state index is 0.131. The number of nitrogens with two attached hydrogens (primary N) is 1. The van der Waals surface area contributed by atoms with E-state index in [-0.39, 0.29) is 5.76 Å². The first-order valence-electron chi connectivity index (χ1n) is 3.53. The van der Waals surface area contributed by atoms with Gasteiger partial charge in [0.1, 0.15) is 5.76 Å². The van der Waals surface area contributed by atoms with Crippen LogP contribution >= 0.6 is 0 Å². The van der Waals surface area contributed by atoms with Crippen molar-refractivity contribution in [2.24, 2.45) is 5.73 Å². The zero-order chi connectivity index (χ0) is 8.85. The molecule has 0 radical (unpaired) electrons. The molecule has 0 amide bonds. The molecule has 3 N–H and O–H groups in total. The van der Waals surface area contributed by atoms with Crippen LogP contribution in [-0.2, 0) is 0 Å². The van der Waals surface area contributed by atoms with Gasteiger partial charge in [-0.15, -0.1) is 0 Å². The van der Waals surface area contributed by atoms with Crippen LogP contribution in [0.2, 0.25) is 0 Å². The number of rotatable bonds is 3. The van der Waals surface area contributed by atoms with Crippen LogP contribution in [0.4, 0.5) is 0 Å². The summed E-state index contributed by atoms with van der Waals surface area (Å²) in [7, 11) is 0. The van der Waals surface area contributed by atoms with E-state index in [2.05, 4.69) is 6.58 Å². The minimum atomic E-state index is 0.131. The van der Waals surface area contributed by atoms with Crippen LogP contribution < -0.4 is 5.73 Å². The molecule has 0 spiro atoms. The maximum absolute atomic E-state index is 9.08. The number of aliphatic hydroxyl groups is 1. The van der Waals surface area contributed by atoms with Gasteiger partial charge < -0.3 is 10.8 Å². The standard InChI is InChI=1S/C9H15NO/c1-4-9(11)8(10)6-5-7(2)3/h4,6,11H,2,5,10H2,1,3H3/b8-6+,9-4+. The number of allylic oxidation sites excluding steroid dienone is 3. The largest absolute Gasteiger partial charge is 0.506 e. The van der Waals surface area contributed by atoms with Crippen molar-refractivity contribution in [3.63, 3.8) is 0 Å². The van der Waals surface area contributed by atoms with Crippen molar-refractivity contribution >= 4 is 0 Å². The normalized spacial score (nSPS) is 13.3. The highest BCUT2D eigenvalue weighted by atomic mass is 16.3. The van der Waals surface area contributed by atoms with Crippen molar-refractivity contribution in [3.05, 3.63) is 35.8 Å². The van der Waals surface area contributed by atoms with Crippen molar-refractivity contribution in [2.75, 3.05) is 0 Å². The predicted octanol–water partition coefficient (Wildman–Crippen LogP) is 2.26. The molecule has 0 aliphatic heterocycles. The molecule has 0 atom stereocenters. The molecule has 0 aliphatic rings. The van der Waals surface area contributed by atoms with Gasteiger partial charge in [-0.25, -0.2) is 0 Å². The Morgan fingerprint density at radius 3 is 2.55 bits per heavy atom. The van der Waals surface area contributed by atoms with Gasteiger partial charge in [0.25, 0.3) is 0 Å². The quantitative estimate of drug-likeness (QED) is 0.371.